The summed E-state index contributed by atoms with van der Waals surface area (Å²) in [6.45, 7) is 0. The standard InChI is InChI=1S/C11H8Cl2F3N3O2S/c1-22(20,21)18-10-8(13)5-17-19(10)9-3-2-6(4-7(9)12)11(14,15)16/h2-5,18H,1H3. The first-order valence-electron chi connectivity index (χ1n) is 5.57. The van der Waals surface area contributed by atoms with Crippen molar-refractivity contribution >= 4 is 39.0 Å². The highest BCUT2D eigenvalue weighted by atomic mass is 35.5. The Hall–Kier alpha value is -1.45. The van der Waals surface area contributed by atoms with Crippen LogP contribution in [0.3, 0.4) is 0 Å². The summed E-state index contributed by atoms with van der Waals surface area (Å²) >= 11 is 11.7. The minimum Gasteiger partial charge on any atom is -0.266 e. The number of aromatic nitrogens is 2. The third kappa shape index (κ3) is 3.65. The Morgan fingerprint density at radius 1 is 1.23 bits per heavy atom. The number of hydrogen-bond donors (Lipinski definition) is 1. The molecule has 0 amide bonds. The molecule has 0 radical (unpaired) electrons. The van der Waals surface area contributed by atoms with Gasteiger partial charge in [-0.3, -0.25) is 4.72 Å². The van der Waals surface area contributed by atoms with Crippen LogP contribution < -0.4 is 4.72 Å². The van der Waals surface area contributed by atoms with Gasteiger partial charge in [0.25, 0.3) is 0 Å². The molecule has 0 saturated heterocycles. The lowest BCUT2D eigenvalue weighted by Crippen LogP contribution is -2.14. The van der Waals surface area contributed by atoms with E-state index >= 15 is 0 Å². The van der Waals surface area contributed by atoms with Gasteiger partial charge in [0, 0.05) is 0 Å². The highest BCUT2D eigenvalue weighted by Gasteiger charge is 2.31. The summed E-state index contributed by atoms with van der Waals surface area (Å²) in [7, 11) is -3.66. The van der Waals surface area contributed by atoms with Gasteiger partial charge in [0.05, 0.1) is 28.7 Å². The van der Waals surface area contributed by atoms with Gasteiger partial charge in [-0.15, -0.1) is 0 Å². The van der Waals surface area contributed by atoms with Gasteiger partial charge in [0.15, 0.2) is 5.82 Å². The predicted octanol–water partition coefficient (Wildman–Crippen LogP) is 3.57. The number of nitrogens with zero attached hydrogens (tertiary/aromatic N) is 2. The molecular formula is C11H8Cl2F3N3O2S. The van der Waals surface area contributed by atoms with Gasteiger partial charge in [-0.1, -0.05) is 23.2 Å². The molecule has 22 heavy (non-hydrogen) atoms. The molecule has 0 atom stereocenters. The lowest BCUT2D eigenvalue weighted by molar-refractivity contribution is -0.137. The van der Waals surface area contributed by atoms with Gasteiger partial charge < -0.3 is 0 Å². The van der Waals surface area contributed by atoms with Crippen molar-refractivity contribution in [2.75, 3.05) is 11.0 Å². The third-order valence-corrected chi connectivity index (χ3v) is 3.65. The van der Waals surface area contributed by atoms with Crippen molar-refractivity contribution in [3.63, 3.8) is 0 Å². The molecule has 1 aromatic carbocycles. The first kappa shape index (κ1) is 16.9. The molecule has 1 heterocycles. The first-order valence-corrected chi connectivity index (χ1v) is 8.22. The van der Waals surface area contributed by atoms with E-state index in [4.69, 9.17) is 23.2 Å². The fourth-order valence-corrected chi connectivity index (χ4v) is 2.67. The molecule has 0 fully saturated rings. The Balaban J connectivity index is 2.54. The van der Waals surface area contributed by atoms with E-state index in [1.165, 1.54) is 0 Å². The molecule has 120 valence electrons. The monoisotopic (exact) mass is 373 g/mol. The maximum absolute atomic E-state index is 12.6. The molecule has 0 spiro atoms. The highest BCUT2D eigenvalue weighted by molar-refractivity contribution is 7.92. The van der Waals surface area contributed by atoms with Crippen LogP contribution in [0.4, 0.5) is 19.0 Å². The summed E-state index contributed by atoms with van der Waals surface area (Å²) in [5.74, 6) is -0.120. The van der Waals surface area contributed by atoms with E-state index in [1.807, 2.05) is 0 Å². The number of anilines is 1. The molecule has 1 aromatic heterocycles. The zero-order valence-electron chi connectivity index (χ0n) is 10.8. The smallest absolute Gasteiger partial charge is 0.266 e. The SMILES string of the molecule is CS(=O)(=O)Nc1c(Cl)cnn1-c1ccc(C(F)(F)F)cc1Cl. The Kier molecular flexibility index (Phi) is 4.33. The number of hydrogen-bond acceptors (Lipinski definition) is 3. The van der Waals surface area contributed by atoms with Crippen LogP contribution in [0, 0.1) is 0 Å². The average molecular weight is 374 g/mol. The quantitative estimate of drug-likeness (QED) is 0.894. The molecule has 1 N–H and O–H groups in total. The maximum atomic E-state index is 12.6. The molecule has 2 rings (SSSR count). The summed E-state index contributed by atoms with van der Waals surface area (Å²) < 4.78 is 63.6. The molecule has 0 aliphatic carbocycles. The van der Waals surface area contributed by atoms with E-state index in [2.05, 4.69) is 9.82 Å². The fraction of sp³-hybridized carbons (Fsp3) is 0.182. The lowest BCUT2D eigenvalue weighted by Gasteiger charge is -2.12. The molecule has 0 bridgehead atoms. The van der Waals surface area contributed by atoms with Crippen molar-refractivity contribution in [1.29, 1.82) is 0 Å². The van der Waals surface area contributed by atoms with Crippen molar-refractivity contribution in [3.05, 3.63) is 40.0 Å². The van der Waals surface area contributed by atoms with Crippen molar-refractivity contribution < 1.29 is 21.6 Å². The number of alkyl halides is 3. The molecule has 5 nitrogen and oxygen atoms in total. The third-order valence-electron chi connectivity index (χ3n) is 2.51. The summed E-state index contributed by atoms with van der Waals surface area (Å²) in [5.41, 5.74) is -0.884. The van der Waals surface area contributed by atoms with Crippen LogP contribution in [0.2, 0.25) is 10.0 Å². The van der Waals surface area contributed by atoms with Crippen LogP contribution in [-0.4, -0.2) is 24.5 Å². The van der Waals surface area contributed by atoms with Crippen LogP contribution in [0.15, 0.2) is 24.4 Å². The van der Waals surface area contributed by atoms with Gasteiger partial charge in [-0.2, -0.15) is 18.3 Å². The molecular weight excluding hydrogens is 366 g/mol. The molecule has 0 aliphatic rings. The second-order valence-electron chi connectivity index (χ2n) is 4.29. The number of sulfonamides is 1. The first-order chi connectivity index (χ1) is 9.99. The van der Waals surface area contributed by atoms with Gasteiger partial charge in [0.2, 0.25) is 10.0 Å². The number of rotatable bonds is 3. The zero-order chi connectivity index (χ0) is 16.7. The molecule has 0 aliphatic heterocycles. The maximum Gasteiger partial charge on any atom is 0.416 e. The number of benzene rings is 1. The van der Waals surface area contributed by atoms with Gasteiger partial charge >= 0.3 is 6.18 Å². The number of halogens is 5. The molecule has 2 aromatic rings. The lowest BCUT2D eigenvalue weighted by atomic mass is 10.2. The van der Waals surface area contributed by atoms with Crippen molar-refractivity contribution in [2.24, 2.45) is 0 Å². The second-order valence-corrected chi connectivity index (χ2v) is 6.85. The van der Waals surface area contributed by atoms with Gasteiger partial charge in [0.1, 0.15) is 5.02 Å². The minimum atomic E-state index is -4.54. The second kappa shape index (κ2) is 5.64. The summed E-state index contributed by atoms with van der Waals surface area (Å²) in [5, 5.41) is 3.53. The molecule has 0 saturated carbocycles. The van der Waals surface area contributed by atoms with E-state index in [0.717, 1.165) is 35.3 Å². The average Bonchev–Trinajstić information content (AvgIpc) is 2.68. The van der Waals surface area contributed by atoms with Crippen molar-refractivity contribution in [1.82, 2.24) is 9.78 Å². The van der Waals surface area contributed by atoms with Crippen LogP contribution in [-0.2, 0) is 16.2 Å². The van der Waals surface area contributed by atoms with Crippen LogP contribution in [0.5, 0.6) is 0 Å². The van der Waals surface area contributed by atoms with Crippen LogP contribution in [0.1, 0.15) is 5.56 Å². The Morgan fingerprint density at radius 2 is 1.86 bits per heavy atom. The Morgan fingerprint density at radius 3 is 2.36 bits per heavy atom. The van der Waals surface area contributed by atoms with E-state index in [-0.39, 0.29) is 21.6 Å². The predicted molar refractivity (Wildman–Crippen MR) is 77.1 cm³/mol. The Labute approximate surface area is 133 Å². The zero-order valence-corrected chi connectivity index (χ0v) is 13.1. The van der Waals surface area contributed by atoms with Crippen molar-refractivity contribution in [3.8, 4) is 5.69 Å². The van der Waals surface area contributed by atoms with Gasteiger partial charge in [-0.05, 0) is 18.2 Å². The van der Waals surface area contributed by atoms with E-state index in [1.54, 1.807) is 0 Å². The Bertz CT molecular complexity index is 818. The fourth-order valence-electron chi connectivity index (χ4n) is 1.63. The van der Waals surface area contributed by atoms with Crippen LogP contribution in [0.25, 0.3) is 5.69 Å². The highest BCUT2D eigenvalue weighted by Crippen LogP contribution is 2.35. The van der Waals surface area contributed by atoms with Gasteiger partial charge in [-0.25, -0.2) is 13.1 Å². The largest absolute Gasteiger partial charge is 0.416 e. The van der Waals surface area contributed by atoms with Crippen molar-refractivity contribution in [2.45, 2.75) is 6.18 Å². The summed E-state index contributed by atoms with van der Waals surface area (Å²) in [4.78, 5) is 0. The minimum absolute atomic E-state index is 0.0265. The topological polar surface area (TPSA) is 64.0 Å². The molecule has 11 heteroatoms. The van der Waals surface area contributed by atoms with E-state index < -0.39 is 21.8 Å². The summed E-state index contributed by atoms with van der Waals surface area (Å²) in [6, 6.07) is 2.60. The molecule has 0 unspecified atom stereocenters. The van der Waals surface area contributed by atoms with Crippen LogP contribution >= 0.6 is 23.2 Å². The van der Waals surface area contributed by atoms with E-state index in [0.29, 0.717) is 0 Å². The number of nitrogens with one attached hydrogen (secondary N) is 1. The van der Waals surface area contributed by atoms with E-state index in [9.17, 15) is 21.6 Å². The summed E-state index contributed by atoms with van der Waals surface area (Å²) in [6.07, 6.45) is -2.50. The normalized spacial score (nSPS) is 12.5.